The quantitative estimate of drug-likeness (QED) is 0.783. The highest BCUT2D eigenvalue weighted by Crippen LogP contribution is 2.25. The smallest absolute Gasteiger partial charge is 0.251 e. The summed E-state index contributed by atoms with van der Waals surface area (Å²) in [6.07, 6.45) is 6.03. The molecule has 1 aromatic heterocycles. The number of aryl methyl sites for hydroxylation is 1. The third-order valence-corrected chi connectivity index (χ3v) is 5.67. The Labute approximate surface area is 155 Å². The highest BCUT2D eigenvalue weighted by atomic mass is 32.1. The Kier molecular flexibility index (Phi) is 6.65. The molecule has 0 spiro atoms. The van der Waals surface area contributed by atoms with Crippen molar-refractivity contribution < 1.29 is 4.79 Å². The number of hydrogen-bond donors (Lipinski definition) is 1. The van der Waals surface area contributed by atoms with Crippen LogP contribution in [0.15, 0.2) is 41.1 Å². The molecule has 1 atom stereocenters. The van der Waals surface area contributed by atoms with Crippen molar-refractivity contribution in [1.29, 1.82) is 0 Å². The summed E-state index contributed by atoms with van der Waals surface area (Å²) in [5, 5.41) is 7.50. The van der Waals surface area contributed by atoms with Gasteiger partial charge in [0.15, 0.2) is 0 Å². The molecule has 0 saturated carbocycles. The summed E-state index contributed by atoms with van der Waals surface area (Å²) in [7, 11) is 0. The number of rotatable bonds is 7. The van der Waals surface area contributed by atoms with Crippen LogP contribution in [-0.2, 0) is 6.42 Å². The van der Waals surface area contributed by atoms with E-state index in [2.05, 4.69) is 46.1 Å². The van der Waals surface area contributed by atoms with E-state index < -0.39 is 0 Å². The first kappa shape index (κ1) is 18.2. The summed E-state index contributed by atoms with van der Waals surface area (Å²) < 4.78 is 0. The molecule has 0 bridgehead atoms. The van der Waals surface area contributed by atoms with Crippen molar-refractivity contribution in [3.05, 3.63) is 57.8 Å². The first-order valence-corrected chi connectivity index (χ1v) is 10.4. The van der Waals surface area contributed by atoms with Crippen molar-refractivity contribution in [1.82, 2.24) is 10.2 Å². The molecule has 2 heterocycles. The molecule has 1 N–H and O–H groups in total. The summed E-state index contributed by atoms with van der Waals surface area (Å²) in [5.41, 5.74) is 3.37. The summed E-state index contributed by atoms with van der Waals surface area (Å²) >= 11 is 1.73. The van der Waals surface area contributed by atoms with E-state index in [0.717, 1.165) is 31.5 Å². The van der Waals surface area contributed by atoms with Crippen LogP contribution in [0.5, 0.6) is 0 Å². The molecule has 1 unspecified atom stereocenters. The molecule has 0 radical (unpaired) electrons. The number of thiophene rings is 1. The first-order valence-electron chi connectivity index (χ1n) is 9.41. The molecule has 1 fully saturated rings. The lowest BCUT2D eigenvalue weighted by Gasteiger charge is -2.34. The van der Waals surface area contributed by atoms with Gasteiger partial charge in [0.2, 0.25) is 0 Å². The van der Waals surface area contributed by atoms with E-state index in [4.69, 9.17) is 0 Å². The summed E-state index contributed by atoms with van der Waals surface area (Å²) in [4.78, 5) is 15.1. The Hall–Kier alpha value is -1.65. The maximum atomic E-state index is 12.5. The standard InChI is InChI=1S/C21H28N2OS/c1-2-6-17-7-9-18(10-8-17)21(24)22-15-20(19-11-14-25-16-19)23-12-4-3-5-13-23/h7-11,14,16,20H,2-6,12-13,15H2,1H3,(H,22,24). The molecule has 1 amide bonds. The number of nitrogens with zero attached hydrogens (tertiary/aromatic N) is 1. The van der Waals surface area contributed by atoms with Crippen LogP contribution in [0.1, 0.15) is 60.1 Å². The second kappa shape index (κ2) is 9.16. The van der Waals surface area contributed by atoms with Crippen LogP contribution in [0.4, 0.5) is 0 Å². The van der Waals surface area contributed by atoms with Crippen LogP contribution in [0.2, 0.25) is 0 Å². The molecule has 3 nitrogen and oxygen atoms in total. The number of amides is 1. The Morgan fingerprint density at radius 3 is 2.56 bits per heavy atom. The van der Waals surface area contributed by atoms with E-state index >= 15 is 0 Å². The van der Waals surface area contributed by atoms with Gasteiger partial charge < -0.3 is 5.32 Å². The number of likely N-dealkylation sites (tertiary alicyclic amines) is 1. The normalized spacial score (nSPS) is 16.5. The number of benzene rings is 1. The lowest BCUT2D eigenvalue weighted by molar-refractivity contribution is 0.0924. The fourth-order valence-electron chi connectivity index (χ4n) is 3.56. The van der Waals surface area contributed by atoms with Gasteiger partial charge in [-0.15, -0.1) is 0 Å². The maximum absolute atomic E-state index is 12.5. The summed E-state index contributed by atoms with van der Waals surface area (Å²) in [5.74, 6) is 0.0280. The molecule has 3 rings (SSSR count). The van der Waals surface area contributed by atoms with Gasteiger partial charge in [-0.25, -0.2) is 0 Å². The van der Waals surface area contributed by atoms with Gasteiger partial charge >= 0.3 is 0 Å². The average molecular weight is 357 g/mol. The molecule has 0 aliphatic carbocycles. The van der Waals surface area contributed by atoms with Crippen molar-refractivity contribution in [3.8, 4) is 0 Å². The second-order valence-electron chi connectivity index (χ2n) is 6.83. The zero-order valence-electron chi connectivity index (χ0n) is 15.0. The van der Waals surface area contributed by atoms with E-state index in [9.17, 15) is 4.79 Å². The van der Waals surface area contributed by atoms with Crippen molar-refractivity contribution in [2.45, 2.75) is 45.1 Å². The minimum atomic E-state index is 0.0280. The molecule has 1 aliphatic heterocycles. The van der Waals surface area contributed by atoms with Crippen LogP contribution in [-0.4, -0.2) is 30.4 Å². The van der Waals surface area contributed by atoms with Gasteiger partial charge in [0, 0.05) is 12.1 Å². The largest absolute Gasteiger partial charge is 0.350 e. The van der Waals surface area contributed by atoms with Crippen molar-refractivity contribution in [3.63, 3.8) is 0 Å². The predicted molar refractivity (Wildman–Crippen MR) is 105 cm³/mol. The van der Waals surface area contributed by atoms with Crippen LogP contribution in [0, 0.1) is 0 Å². The lowest BCUT2D eigenvalue weighted by Crippen LogP contribution is -2.40. The van der Waals surface area contributed by atoms with E-state index in [1.807, 2.05) is 12.1 Å². The van der Waals surface area contributed by atoms with Crippen LogP contribution >= 0.6 is 11.3 Å². The highest BCUT2D eigenvalue weighted by molar-refractivity contribution is 7.07. The fourth-order valence-corrected chi connectivity index (χ4v) is 4.26. The van der Waals surface area contributed by atoms with Crippen molar-refractivity contribution in [2.75, 3.05) is 19.6 Å². The Bertz CT molecular complexity index is 645. The minimum absolute atomic E-state index is 0.0280. The van der Waals surface area contributed by atoms with Crippen LogP contribution in [0.3, 0.4) is 0 Å². The molecular weight excluding hydrogens is 328 g/mol. The maximum Gasteiger partial charge on any atom is 0.251 e. The number of hydrogen-bond acceptors (Lipinski definition) is 3. The molecule has 1 saturated heterocycles. The lowest BCUT2D eigenvalue weighted by atomic mass is 10.0. The second-order valence-corrected chi connectivity index (χ2v) is 7.61. The third-order valence-electron chi connectivity index (χ3n) is 4.97. The molecule has 2 aromatic rings. The van der Waals surface area contributed by atoms with Gasteiger partial charge in [-0.1, -0.05) is 31.9 Å². The zero-order chi connectivity index (χ0) is 17.5. The summed E-state index contributed by atoms with van der Waals surface area (Å²) in [6, 6.07) is 10.5. The van der Waals surface area contributed by atoms with Gasteiger partial charge in [-0.2, -0.15) is 11.3 Å². The molecule has 4 heteroatoms. The van der Waals surface area contributed by atoms with E-state index in [1.165, 1.54) is 30.4 Å². The Morgan fingerprint density at radius 1 is 1.16 bits per heavy atom. The summed E-state index contributed by atoms with van der Waals surface area (Å²) in [6.45, 7) is 5.10. The average Bonchev–Trinajstić information content (AvgIpc) is 3.18. The number of nitrogens with one attached hydrogen (secondary N) is 1. The highest BCUT2D eigenvalue weighted by Gasteiger charge is 2.23. The third kappa shape index (κ3) is 4.93. The molecular formula is C21H28N2OS. The monoisotopic (exact) mass is 356 g/mol. The zero-order valence-corrected chi connectivity index (χ0v) is 15.9. The molecule has 25 heavy (non-hydrogen) atoms. The van der Waals surface area contributed by atoms with E-state index in [-0.39, 0.29) is 11.9 Å². The molecule has 1 aromatic carbocycles. The van der Waals surface area contributed by atoms with Crippen molar-refractivity contribution >= 4 is 17.2 Å². The Balaban J connectivity index is 1.62. The van der Waals surface area contributed by atoms with Gasteiger partial charge in [-0.3, -0.25) is 9.69 Å². The number of carbonyl (C=O) groups is 1. The molecule has 1 aliphatic rings. The minimum Gasteiger partial charge on any atom is -0.350 e. The van der Waals surface area contributed by atoms with Crippen molar-refractivity contribution in [2.24, 2.45) is 0 Å². The Morgan fingerprint density at radius 2 is 1.92 bits per heavy atom. The van der Waals surface area contributed by atoms with E-state index in [1.54, 1.807) is 11.3 Å². The SMILES string of the molecule is CCCc1ccc(C(=O)NCC(c2ccsc2)N2CCCCC2)cc1. The first-order chi connectivity index (χ1) is 12.3. The number of carbonyl (C=O) groups excluding carboxylic acids is 1. The van der Waals surface area contributed by atoms with Crippen LogP contribution < -0.4 is 5.32 Å². The van der Waals surface area contributed by atoms with Gasteiger partial charge in [0.25, 0.3) is 5.91 Å². The topological polar surface area (TPSA) is 32.3 Å². The number of piperidine rings is 1. The predicted octanol–water partition coefficient (Wildman–Crippen LogP) is 4.66. The van der Waals surface area contributed by atoms with Gasteiger partial charge in [-0.05, 0) is 72.4 Å². The van der Waals surface area contributed by atoms with Gasteiger partial charge in [0.05, 0.1) is 6.04 Å². The fraction of sp³-hybridized carbons (Fsp3) is 0.476. The van der Waals surface area contributed by atoms with Gasteiger partial charge in [0.1, 0.15) is 0 Å². The van der Waals surface area contributed by atoms with E-state index in [0.29, 0.717) is 6.54 Å². The molecule has 134 valence electrons. The van der Waals surface area contributed by atoms with Crippen LogP contribution in [0.25, 0.3) is 0 Å².